The number of halogens is 3. The van der Waals surface area contributed by atoms with Crippen molar-refractivity contribution >= 4 is 33.3 Å². The van der Waals surface area contributed by atoms with Gasteiger partial charge in [-0.3, -0.25) is 9.78 Å². The van der Waals surface area contributed by atoms with E-state index in [0.29, 0.717) is 15.1 Å². The first-order valence-electron chi connectivity index (χ1n) is 5.15. The van der Waals surface area contributed by atoms with E-state index < -0.39 is 5.82 Å². The molecule has 92 valence electrons. The first kappa shape index (κ1) is 13.2. The zero-order valence-electron chi connectivity index (χ0n) is 9.16. The van der Waals surface area contributed by atoms with Crippen LogP contribution >= 0.6 is 27.5 Å². The topological polar surface area (TPSA) is 30.0 Å². The van der Waals surface area contributed by atoms with Crippen LogP contribution in [-0.4, -0.2) is 10.8 Å². The quantitative estimate of drug-likeness (QED) is 0.795. The van der Waals surface area contributed by atoms with E-state index >= 15 is 0 Å². The minimum Gasteiger partial charge on any atom is -0.292 e. The van der Waals surface area contributed by atoms with Crippen LogP contribution in [0.1, 0.15) is 16.1 Å². The number of benzene rings is 1. The van der Waals surface area contributed by atoms with Crippen LogP contribution in [0.4, 0.5) is 4.39 Å². The Balaban J connectivity index is 2.18. The SMILES string of the molecule is O=C(Cc1ccc(Br)cc1F)c1ccc(Cl)cn1. The molecule has 0 saturated carbocycles. The Bertz CT molecular complexity index is 586. The summed E-state index contributed by atoms with van der Waals surface area (Å²) in [6.45, 7) is 0. The number of nitrogens with zero attached hydrogens (tertiary/aromatic N) is 1. The molecular formula is C13H8BrClFNO. The van der Waals surface area contributed by atoms with Gasteiger partial charge in [0.15, 0.2) is 5.78 Å². The highest BCUT2D eigenvalue weighted by Crippen LogP contribution is 2.17. The van der Waals surface area contributed by atoms with Gasteiger partial charge in [0.25, 0.3) is 0 Å². The predicted molar refractivity (Wildman–Crippen MR) is 71.4 cm³/mol. The minimum absolute atomic E-state index is 0.0201. The van der Waals surface area contributed by atoms with Gasteiger partial charge in [0.2, 0.25) is 0 Å². The fourth-order valence-electron chi connectivity index (χ4n) is 1.47. The zero-order chi connectivity index (χ0) is 13.1. The molecule has 0 fully saturated rings. The van der Waals surface area contributed by atoms with Gasteiger partial charge >= 0.3 is 0 Å². The summed E-state index contributed by atoms with van der Waals surface area (Å²) in [5, 5.41) is 0.460. The van der Waals surface area contributed by atoms with Crippen LogP contribution in [0.15, 0.2) is 41.0 Å². The predicted octanol–water partition coefficient (Wildman–Crippen LogP) is 4.06. The smallest absolute Gasteiger partial charge is 0.185 e. The van der Waals surface area contributed by atoms with Gasteiger partial charge in [-0.05, 0) is 29.8 Å². The lowest BCUT2D eigenvalue weighted by molar-refractivity contribution is 0.0987. The van der Waals surface area contributed by atoms with Crippen molar-refractivity contribution in [2.75, 3.05) is 0 Å². The molecule has 0 aliphatic rings. The molecule has 0 N–H and O–H groups in total. The standard InChI is InChI=1S/C13H8BrClFNO/c14-9-2-1-8(11(16)6-9)5-13(18)12-4-3-10(15)7-17-12/h1-4,6-7H,5H2. The summed E-state index contributed by atoms with van der Waals surface area (Å²) in [5.74, 6) is -0.653. The van der Waals surface area contributed by atoms with Gasteiger partial charge < -0.3 is 0 Å². The molecule has 0 saturated heterocycles. The summed E-state index contributed by atoms with van der Waals surface area (Å²) < 4.78 is 14.2. The van der Waals surface area contributed by atoms with Gasteiger partial charge in [-0.2, -0.15) is 0 Å². The summed E-state index contributed by atoms with van der Waals surface area (Å²) in [5.41, 5.74) is 0.627. The molecule has 0 aliphatic carbocycles. The maximum absolute atomic E-state index is 13.6. The largest absolute Gasteiger partial charge is 0.292 e. The Kier molecular flexibility index (Phi) is 4.09. The number of Topliss-reactive ketones (excluding diaryl/α,β-unsaturated/α-hetero) is 1. The number of hydrogen-bond donors (Lipinski definition) is 0. The van der Waals surface area contributed by atoms with Crippen molar-refractivity contribution in [1.82, 2.24) is 4.98 Å². The van der Waals surface area contributed by atoms with Crippen LogP contribution < -0.4 is 0 Å². The second-order valence-electron chi connectivity index (χ2n) is 3.70. The molecule has 1 heterocycles. The van der Waals surface area contributed by atoms with E-state index in [1.54, 1.807) is 18.2 Å². The van der Waals surface area contributed by atoms with Crippen molar-refractivity contribution in [1.29, 1.82) is 0 Å². The van der Waals surface area contributed by atoms with Crippen LogP contribution in [0.5, 0.6) is 0 Å². The van der Waals surface area contributed by atoms with Crippen molar-refractivity contribution in [3.63, 3.8) is 0 Å². The van der Waals surface area contributed by atoms with Crippen molar-refractivity contribution in [3.05, 3.63) is 63.1 Å². The van der Waals surface area contributed by atoms with Crippen LogP contribution in [0.3, 0.4) is 0 Å². The molecule has 1 aromatic carbocycles. The van der Waals surface area contributed by atoms with E-state index in [1.165, 1.54) is 18.3 Å². The van der Waals surface area contributed by atoms with Crippen LogP contribution in [-0.2, 0) is 6.42 Å². The second-order valence-corrected chi connectivity index (χ2v) is 5.05. The van der Waals surface area contributed by atoms with Gasteiger partial charge in [0, 0.05) is 17.1 Å². The summed E-state index contributed by atoms with van der Waals surface area (Å²) in [7, 11) is 0. The van der Waals surface area contributed by atoms with Gasteiger partial charge in [0.1, 0.15) is 11.5 Å². The van der Waals surface area contributed by atoms with Crippen molar-refractivity contribution < 1.29 is 9.18 Å². The number of ketones is 1. The first-order valence-corrected chi connectivity index (χ1v) is 6.32. The van der Waals surface area contributed by atoms with E-state index in [-0.39, 0.29) is 17.9 Å². The molecule has 0 spiro atoms. The van der Waals surface area contributed by atoms with E-state index in [0.717, 1.165) is 0 Å². The number of hydrogen-bond acceptors (Lipinski definition) is 2. The molecule has 2 aromatic rings. The highest BCUT2D eigenvalue weighted by molar-refractivity contribution is 9.10. The molecule has 18 heavy (non-hydrogen) atoms. The monoisotopic (exact) mass is 327 g/mol. The van der Waals surface area contributed by atoms with Gasteiger partial charge in [0.05, 0.1) is 5.02 Å². The van der Waals surface area contributed by atoms with Crippen molar-refractivity contribution in [2.24, 2.45) is 0 Å². The van der Waals surface area contributed by atoms with E-state index in [1.807, 2.05) is 0 Å². The lowest BCUT2D eigenvalue weighted by atomic mass is 10.1. The lowest BCUT2D eigenvalue weighted by Crippen LogP contribution is -2.07. The Hall–Kier alpha value is -1.26. The highest BCUT2D eigenvalue weighted by Gasteiger charge is 2.11. The molecule has 2 nitrogen and oxygen atoms in total. The van der Waals surface area contributed by atoms with E-state index in [4.69, 9.17) is 11.6 Å². The Morgan fingerprint density at radius 1 is 1.33 bits per heavy atom. The molecule has 0 radical (unpaired) electrons. The summed E-state index contributed by atoms with van der Waals surface area (Å²) in [6.07, 6.45) is 1.38. The Labute approximate surface area is 117 Å². The third kappa shape index (κ3) is 3.15. The summed E-state index contributed by atoms with van der Waals surface area (Å²) in [6, 6.07) is 7.72. The Morgan fingerprint density at radius 3 is 2.72 bits per heavy atom. The number of carbonyl (C=O) groups excluding carboxylic acids is 1. The number of aromatic nitrogens is 1. The normalized spacial score (nSPS) is 10.4. The molecule has 0 aliphatic heterocycles. The highest BCUT2D eigenvalue weighted by atomic mass is 79.9. The van der Waals surface area contributed by atoms with Crippen LogP contribution in [0.25, 0.3) is 0 Å². The fourth-order valence-corrected chi connectivity index (χ4v) is 1.91. The van der Waals surface area contributed by atoms with Crippen molar-refractivity contribution in [3.8, 4) is 0 Å². The third-order valence-electron chi connectivity index (χ3n) is 2.38. The molecule has 0 bridgehead atoms. The van der Waals surface area contributed by atoms with Crippen LogP contribution in [0, 0.1) is 5.82 Å². The van der Waals surface area contributed by atoms with Gasteiger partial charge in [-0.15, -0.1) is 0 Å². The molecule has 5 heteroatoms. The molecule has 2 rings (SSSR count). The number of pyridine rings is 1. The average Bonchev–Trinajstić information content (AvgIpc) is 2.33. The van der Waals surface area contributed by atoms with Crippen molar-refractivity contribution in [2.45, 2.75) is 6.42 Å². The molecule has 0 amide bonds. The van der Waals surface area contributed by atoms with Crippen LogP contribution in [0.2, 0.25) is 5.02 Å². The molecule has 0 atom stereocenters. The molecular weight excluding hydrogens is 321 g/mol. The minimum atomic E-state index is -0.410. The second kappa shape index (κ2) is 5.59. The molecule has 1 aromatic heterocycles. The van der Waals surface area contributed by atoms with E-state index in [9.17, 15) is 9.18 Å². The Morgan fingerprint density at radius 2 is 2.11 bits per heavy atom. The lowest BCUT2D eigenvalue weighted by Gasteiger charge is -2.03. The fraction of sp³-hybridized carbons (Fsp3) is 0.0769. The summed E-state index contributed by atoms with van der Waals surface area (Å²) >= 11 is 8.84. The van der Waals surface area contributed by atoms with Gasteiger partial charge in [-0.25, -0.2) is 4.39 Å². The molecule has 0 unspecified atom stereocenters. The first-order chi connectivity index (χ1) is 8.56. The van der Waals surface area contributed by atoms with E-state index in [2.05, 4.69) is 20.9 Å². The maximum Gasteiger partial charge on any atom is 0.185 e. The number of rotatable bonds is 3. The van der Waals surface area contributed by atoms with Gasteiger partial charge in [-0.1, -0.05) is 33.6 Å². The third-order valence-corrected chi connectivity index (χ3v) is 3.10. The summed E-state index contributed by atoms with van der Waals surface area (Å²) in [4.78, 5) is 15.8. The zero-order valence-corrected chi connectivity index (χ0v) is 11.5. The number of carbonyl (C=O) groups is 1. The average molecular weight is 329 g/mol. The maximum atomic E-state index is 13.6.